The van der Waals surface area contributed by atoms with Gasteiger partial charge in [0.15, 0.2) is 6.29 Å². The van der Waals surface area contributed by atoms with E-state index in [1.165, 1.54) is 33.2 Å². The number of aryl methyl sites for hydroxylation is 1. The highest BCUT2D eigenvalue weighted by Crippen LogP contribution is 2.47. The molecule has 2 saturated heterocycles. The second-order valence-corrected chi connectivity index (χ2v) is 11.5. The maximum atomic E-state index is 14.1. The zero-order valence-electron chi connectivity index (χ0n) is 24.4. The van der Waals surface area contributed by atoms with E-state index in [9.17, 15) is 40.6 Å². The molecule has 238 valence electrons. The highest BCUT2D eigenvalue weighted by Gasteiger charge is 2.49. The molecule has 2 fully saturated rings. The number of hydrogen-bond acceptors (Lipinski definition) is 4. The first-order valence-corrected chi connectivity index (χ1v) is 14.0. The second-order valence-electron chi connectivity index (χ2n) is 11.5. The van der Waals surface area contributed by atoms with E-state index in [2.05, 4.69) is 4.90 Å². The standard InChI is InChI=1S/C30H36F7N3O3/c1-18-12-23(31)6-7-24(18)25-16-28(8-5-10-39(28)17-26(41)43-4)9-11-40(25)27(42)38(3)19(2)20-13-21(29(32,33)34)15-22(14-20)30(35,36)37/h6-7,12-15,19,25-26,41H,5,8-11,16-17H2,1-4H3. The van der Waals surface area contributed by atoms with Crippen molar-refractivity contribution in [1.82, 2.24) is 14.7 Å². The smallest absolute Gasteiger partial charge is 0.367 e. The number of likely N-dealkylation sites (tertiary alicyclic amines) is 2. The third-order valence-corrected chi connectivity index (χ3v) is 8.97. The van der Waals surface area contributed by atoms with Crippen molar-refractivity contribution in [1.29, 1.82) is 0 Å². The van der Waals surface area contributed by atoms with Gasteiger partial charge in [-0.25, -0.2) is 9.18 Å². The average molecular weight is 620 g/mol. The van der Waals surface area contributed by atoms with Crippen LogP contribution in [0.4, 0.5) is 35.5 Å². The van der Waals surface area contributed by atoms with Gasteiger partial charge in [-0.2, -0.15) is 26.3 Å². The van der Waals surface area contributed by atoms with Crippen LogP contribution in [0.1, 0.15) is 72.5 Å². The highest BCUT2D eigenvalue weighted by molar-refractivity contribution is 5.75. The number of nitrogens with zero attached hydrogens (tertiary/aromatic N) is 3. The number of carbonyl (C=O) groups excluding carboxylic acids is 1. The molecule has 0 saturated carbocycles. The summed E-state index contributed by atoms with van der Waals surface area (Å²) < 4.78 is 100. The number of hydrogen-bond donors (Lipinski definition) is 1. The van der Waals surface area contributed by atoms with Crippen molar-refractivity contribution in [3.05, 3.63) is 70.0 Å². The summed E-state index contributed by atoms with van der Waals surface area (Å²) in [5.41, 5.74) is -2.32. The van der Waals surface area contributed by atoms with E-state index in [1.807, 2.05) is 0 Å². The molecule has 2 aliphatic rings. The predicted molar refractivity (Wildman–Crippen MR) is 144 cm³/mol. The van der Waals surface area contributed by atoms with Crippen molar-refractivity contribution in [2.24, 2.45) is 0 Å². The van der Waals surface area contributed by atoms with Gasteiger partial charge < -0.3 is 19.6 Å². The number of amides is 2. The molecule has 4 atom stereocenters. The number of piperidine rings is 1. The molecule has 6 nitrogen and oxygen atoms in total. The summed E-state index contributed by atoms with van der Waals surface area (Å²) in [7, 11) is 2.74. The molecule has 2 amide bonds. The van der Waals surface area contributed by atoms with Crippen molar-refractivity contribution < 1.29 is 45.4 Å². The van der Waals surface area contributed by atoms with E-state index >= 15 is 0 Å². The molecule has 0 aliphatic carbocycles. The van der Waals surface area contributed by atoms with E-state index in [1.54, 1.807) is 17.9 Å². The molecule has 13 heteroatoms. The SMILES string of the molecule is COC(O)CN1CCCC12CCN(C(=O)N(C)C(C)c1cc(C(F)(F)F)cc(C(F)(F)F)c1)C(c1ccc(F)cc1C)C2. The highest BCUT2D eigenvalue weighted by atomic mass is 19.4. The van der Waals surface area contributed by atoms with Gasteiger partial charge in [-0.05, 0) is 93.1 Å². The number of alkyl halides is 6. The Morgan fingerprint density at radius 3 is 2.26 bits per heavy atom. The van der Waals surface area contributed by atoms with Gasteiger partial charge in [-0.3, -0.25) is 4.90 Å². The molecular formula is C30H36F7N3O3. The maximum absolute atomic E-state index is 14.1. The van der Waals surface area contributed by atoms with Crippen LogP contribution in [0.15, 0.2) is 36.4 Å². The van der Waals surface area contributed by atoms with Crippen LogP contribution in [-0.4, -0.2) is 71.5 Å². The maximum Gasteiger partial charge on any atom is 0.416 e. The van der Waals surface area contributed by atoms with Crippen molar-refractivity contribution >= 4 is 6.03 Å². The first-order chi connectivity index (χ1) is 20.0. The summed E-state index contributed by atoms with van der Waals surface area (Å²) in [4.78, 5) is 18.8. The summed E-state index contributed by atoms with van der Waals surface area (Å²) in [5.74, 6) is -0.453. The molecule has 1 spiro atoms. The first-order valence-electron chi connectivity index (χ1n) is 14.0. The Balaban J connectivity index is 1.69. The van der Waals surface area contributed by atoms with Gasteiger partial charge >= 0.3 is 18.4 Å². The van der Waals surface area contributed by atoms with Gasteiger partial charge in [0.05, 0.1) is 23.2 Å². The normalized spacial score (nSPS) is 23.1. The molecular weight excluding hydrogens is 583 g/mol. The van der Waals surface area contributed by atoms with Crippen LogP contribution in [0.25, 0.3) is 0 Å². The predicted octanol–water partition coefficient (Wildman–Crippen LogP) is 6.92. The minimum atomic E-state index is -5.02. The fourth-order valence-electron chi connectivity index (χ4n) is 6.44. The van der Waals surface area contributed by atoms with Crippen LogP contribution in [0, 0.1) is 12.7 Å². The Labute approximate surface area is 246 Å². The van der Waals surface area contributed by atoms with Gasteiger partial charge in [0.1, 0.15) is 5.82 Å². The lowest BCUT2D eigenvalue weighted by molar-refractivity contribution is -0.143. The van der Waals surface area contributed by atoms with Crippen molar-refractivity contribution in [3.63, 3.8) is 0 Å². The fourth-order valence-corrected chi connectivity index (χ4v) is 6.44. The molecule has 2 aromatic carbocycles. The van der Waals surface area contributed by atoms with Crippen LogP contribution in [0.2, 0.25) is 0 Å². The number of methoxy groups -OCH3 is 1. The van der Waals surface area contributed by atoms with Gasteiger partial charge in [0.25, 0.3) is 0 Å². The van der Waals surface area contributed by atoms with E-state index < -0.39 is 59.2 Å². The number of aliphatic hydroxyl groups excluding tert-OH is 1. The number of carbonyl (C=O) groups is 1. The summed E-state index contributed by atoms with van der Waals surface area (Å²) >= 11 is 0. The molecule has 2 heterocycles. The molecule has 0 bridgehead atoms. The largest absolute Gasteiger partial charge is 0.416 e. The monoisotopic (exact) mass is 619 g/mol. The number of rotatable bonds is 6. The lowest BCUT2D eigenvalue weighted by Crippen LogP contribution is -2.57. The molecule has 4 unspecified atom stereocenters. The Hall–Kier alpha value is -2.90. The minimum absolute atomic E-state index is 0.0589. The third-order valence-electron chi connectivity index (χ3n) is 8.97. The van der Waals surface area contributed by atoms with Crippen LogP contribution in [0.3, 0.4) is 0 Å². The van der Waals surface area contributed by atoms with E-state index in [0.29, 0.717) is 42.6 Å². The van der Waals surface area contributed by atoms with Crippen molar-refractivity contribution in [2.45, 2.75) is 75.8 Å². The molecule has 2 aromatic rings. The molecule has 0 aromatic heterocycles. The zero-order valence-corrected chi connectivity index (χ0v) is 24.4. The number of β-amino-alcohol motifs (C(OH)–C–C–N with tert-alkyl or cyclic N) is 1. The van der Waals surface area contributed by atoms with Gasteiger partial charge in [0.2, 0.25) is 0 Å². The summed E-state index contributed by atoms with van der Waals surface area (Å²) in [5, 5.41) is 10.2. The van der Waals surface area contributed by atoms with Crippen LogP contribution in [0.5, 0.6) is 0 Å². The van der Waals surface area contributed by atoms with Crippen molar-refractivity contribution in [2.75, 3.05) is 33.8 Å². The number of halogens is 7. The van der Waals surface area contributed by atoms with E-state index in [4.69, 9.17) is 4.74 Å². The van der Waals surface area contributed by atoms with Crippen molar-refractivity contribution in [3.8, 4) is 0 Å². The van der Waals surface area contributed by atoms with E-state index in [-0.39, 0.29) is 24.7 Å². The Morgan fingerprint density at radius 1 is 1.07 bits per heavy atom. The Morgan fingerprint density at radius 2 is 1.70 bits per heavy atom. The summed E-state index contributed by atoms with van der Waals surface area (Å²) in [6.45, 7) is 4.29. The van der Waals surface area contributed by atoms with E-state index in [0.717, 1.165) is 17.7 Å². The summed E-state index contributed by atoms with van der Waals surface area (Å²) in [6.07, 6.45) is -8.45. The number of ether oxygens (including phenoxy) is 1. The lowest BCUT2D eigenvalue weighted by Gasteiger charge is -2.50. The summed E-state index contributed by atoms with van der Waals surface area (Å²) in [6, 6.07) is 3.29. The first kappa shape index (κ1) is 33.0. The lowest BCUT2D eigenvalue weighted by atomic mass is 9.78. The Kier molecular flexibility index (Phi) is 9.39. The quantitative estimate of drug-likeness (QED) is 0.282. The Bertz CT molecular complexity index is 1290. The number of benzene rings is 2. The molecule has 43 heavy (non-hydrogen) atoms. The molecule has 4 rings (SSSR count). The van der Waals surface area contributed by atoms with Crippen LogP contribution < -0.4 is 0 Å². The van der Waals surface area contributed by atoms with Gasteiger partial charge in [-0.15, -0.1) is 0 Å². The second kappa shape index (κ2) is 12.2. The fraction of sp³-hybridized carbons (Fsp3) is 0.567. The average Bonchev–Trinajstić information content (AvgIpc) is 3.31. The molecule has 0 radical (unpaired) electrons. The van der Waals surface area contributed by atoms with Gasteiger partial charge in [0, 0.05) is 32.8 Å². The van der Waals surface area contributed by atoms with Gasteiger partial charge in [-0.1, -0.05) is 6.07 Å². The molecule has 2 aliphatic heterocycles. The van der Waals surface area contributed by atoms with Crippen LogP contribution >= 0.6 is 0 Å². The minimum Gasteiger partial charge on any atom is -0.367 e. The topological polar surface area (TPSA) is 56.3 Å². The third kappa shape index (κ3) is 6.93. The molecule has 1 N–H and O–H groups in total. The zero-order chi connectivity index (χ0) is 31.9. The van der Waals surface area contributed by atoms with Crippen LogP contribution in [-0.2, 0) is 17.1 Å². The number of aliphatic hydroxyl groups is 1. The number of urea groups is 1.